The third-order valence-electron chi connectivity index (χ3n) is 5.39. The van der Waals surface area contributed by atoms with Crippen molar-refractivity contribution in [3.05, 3.63) is 101 Å². The van der Waals surface area contributed by atoms with Gasteiger partial charge in [-0.15, -0.1) is 11.3 Å². The third-order valence-corrected chi connectivity index (χ3v) is 6.20. The zero-order valence-electron chi connectivity index (χ0n) is 19.2. The fourth-order valence-corrected chi connectivity index (χ4v) is 4.42. The van der Waals surface area contributed by atoms with E-state index in [1.165, 1.54) is 24.3 Å². The fraction of sp³-hybridized carbons (Fsp3) is 0.148. The van der Waals surface area contributed by atoms with Gasteiger partial charge in [0.05, 0.1) is 11.3 Å². The molecule has 4 rings (SSSR count). The Morgan fingerprint density at radius 3 is 2.31 bits per heavy atom. The molecule has 0 aliphatic rings. The molecule has 0 saturated carbocycles. The molecule has 1 heterocycles. The summed E-state index contributed by atoms with van der Waals surface area (Å²) >= 11 is 1.36. The van der Waals surface area contributed by atoms with Crippen LogP contribution in [0.25, 0.3) is 11.1 Å². The van der Waals surface area contributed by atoms with Crippen molar-refractivity contribution >= 4 is 34.0 Å². The van der Waals surface area contributed by atoms with Crippen LogP contribution >= 0.6 is 11.3 Å². The minimum absolute atomic E-state index is 0.0568. The van der Waals surface area contributed by atoms with E-state index in [-0.39, 0.29) is 11.5 Å². The number of benzene rings is 3. The molecule has 0 aliphatic carbocycles. The van der Waals surface area contributed by atoms with E-state index in [2.05, 4.69) is 15.6 Å². The number of nitrogens with one attached hydrogen (secondary N) is 2. The van der Waals surface area contributed by atoms with E-state index in [1.54, 1.807) is 42.5 Å². The molecule has 3 aromatic carbocycles. The van der Waals surface area contributed by atoms with Crippen LogP contribution in [0.15, 0.2) is 78.2 Å². The van der Waals surface area contributed by atoms with Crippen molar-refractivity contribution in [2.75, 3.05) is 10.6 Å². The molecule has 184 valence electrons. The van der Waals surface area contributed by atoms with Gasteiger partial charge in [0.25, 0.3) is 5.91 Å². The van der Waals surface area contributed by atoms with Gasteiger partial charge in [-0.3, -0.25) is 9.59 Å². The number of carbonyl (C=O) groups excluding carboxylic acids is 2. The lowest BCUT2D eigenvalue weighted by Crippen LogP contribution is -2.15. The third kappa shape index (κ3) is 6.37. The van der Waals surface area contributed by atoms with E-state index < -0.39 is 17.6 Å². The van der Waals surface area contributed by atoms with Gasteiger partial charge in [-0.05, 0) is 53.8 Å². The number of carbonyl (C=O) groups is 2. The van der Waals surface area contributed by atoms with Crippen molar-refractivity contribution in [2.45, 2.75) is 25.9 Å². The van der Waals surface area contributed by atoms with Crippen LogP contribution < -0.4 is 10.6 Å². The second-order valence-corrected chi connectivity index (χ2v) is 8.96. The topological polar surface area (TPSA) is 71.1 Å². The predicted molar refractivity (Wildman–Crippen MR) is 135 cm³/mol. The van der Waals surface area contributed by atoms with Gasteiger partial charge in [-0.25, -0.2) is 4.98 Å². The van der Waals surface area contributed by atoms with Crippen LogP contribution in [0, 0.1) is 0 Å². The summed E-state index contributed by atoms with van der Waals surface area (Å²) in [5, 5.41) is 7.81. The molecule has 4 aromatic rings. The van der Waals surface area contributed by atoms with Crippen molar-refractivity contribution in [3.8, 4) is 11.1 Å². The lowest BCUT2D eigenvalue weighted by atomic mass is 9.96. The van der Waals surface area contributed by atoms with Crippen molar-refractivity contribution in [1.82, 2.24) is 4.98 Å². The maximum Gasteiger partial charge on any atom is 0.416 e. The fourth-order valence-electron chi connectivity index (χ4n) is 3.63. The standard InChI is InChI=1S/C27H22F3N3O2S/c1-17(34)31-26-33-22(16-36-26)13-9-18-7-11-21(12-8-18)32-25(35)24-15-20(27(28,29)30)10-14-23(24)19-5-3-2-4-6-19/h2-8,10-12,14-16H,9,13H2,1H3,(H,32,35)(H,31,33,34). The molecule has 0 radical (unpaired) electrons. The number of aryl methyl sites for hydroxylation is 2. The Hall–Kier alpha value is -3.98. The highest BCUT2D eigenvalue weighted by Gasteiger charge is 2.32. The first-order valence-corrected chi connectivity index (χ1v) is 12.0. The number of thiazole rings is 1. The van der Waals surface area contributed by atoms with Crippen molar-refractivity contribution < 1.29 is 22.8 Å². The van der Waals surface area contributed by atoms with Gasteiger partial charge in [0, 0.05) is 23.6 Å². The quantitative estimate of drug-likeness (QED) is 0.287. The molecule has 1 aromatic heterocycles. The average Bonchev–Trinajstić information content (AvgIpc) is 3.29. The molecule has 2 N–H and O–H groups in total. The Kier molecular flexibility index (Phi) is 7.49. The van der Waals surface area contributed by atoms with E-state index >= 15 is 0 Å². The molecule has 0 saturated heterocycles. The molecule has 2 amide bonds. The van der Waals surface area contributed by atoms with Crippen LogP contribution in [0.4, 0.5) is 24.0 Å². The number of hydrogen-bond donors (Lipinski definition) is 2. The van der Waals surface area contributed by atoms with Crippen LogP contribution in [-0.2, 0) is 23.8 Å². The maximum absolute atomic E-state index is 13.3. The van der Waals surface area contributed by atoms with E-state index in [0.29, 0.717) is 34.8 Å². The summed E-state index contributed by atoms with van der Waals surface area (Å²) in [7, 11) is 0. The van der Waals surface area contributed by atoms with Crippen LogP contribution in [0.3, 0.4) is 0 Å². The van der Waals surface area contributed by atoms with Crippen LogP contribution in [0.2, 0.25) is 0 Å². The minimum atomic E-state index is -4.56. The Morgan fingerprint density at radius 1 is 0.917 bits per heavy atom. The molecule has 0 atom stereocenters. The molecule has 0 fully saturated rings. The SMILES string of the molecule is CC(=O)Nc1nc(CCc2ccc(NC(=O)c3cc(C(F)(F)F)ccc3-c3ccccc3)cc2)cs1. The Morgan fingerprint density at radius 2 is 1.64 bits per heavy atom. The molecular weight excluding hydrogens is 487 g/mol. The molecule has 9 heteroatoms. The second kappa shape index (κ2) is 10.7. The van der Waals surface area contributed by atoms with Crippen molar-refractivity contribution in [2.24, 2.45) is 0 Å². The minimum Gasteiger partial charge on any atom is -0.322 e. The van der Waals surface area contributed by atoms with E-state index in [4.69, 9.17) is 0 Å². The second-order valence-electron chi connectivity index (χ2n) is 8.10. The number of hydrogen-bond acceptors (Lipinski definition) is 4. The van der Waals surface area contributed by atoms with Gasteiger partial charge in [0.1, 0.15) is 0 Å². The number of nitrogens with zero attached hydrogens (tertiary/aromatic N) is 1. The zero-order valence-corrected chi connectivity index (χ0v) is 20.0. The molecule has 0 spiro atoms. The molecule has 36 heavy (non-hydrogen) atoms. The predicted octanol–water partition coefficient (Wildman–Crippen LogP) is 6.82. The molecule has 0 aliphatic heterocycles. The summed E-state index contributed by atoms with van der Waals surface area (Å²) in [6.07, 6.45) is -3.19. The lowest BCUT2D eigenvalue weighted by molar-refractivity contribution is -0.137. The van der Waals surface area contributed by atoms with Gasteiger partial charge < -0.3 is 10.6 Å². The van der Waals surface area contributed by atoms with E-state index in [1.807, 2.05) is 17.5 Å². The van der Waals surface area contributed by atoms with Crippen molar-refractivity contribution in [1.29, 1.82) is 0 Å². The van der Waals surface area contributed by atoms with Crippen molar-refractivity contribution in [3.63, 3.8) is 0 Å². The maximum atomic E-state index is 13.3. The van der Waals surface area contributed by atoms with Gasteiger partial charge in [-0.1, -0.05) is 48.5 Å². The Balaban J connectivity index is 1.47. The average molecular weight is 510 g/mol. The van der Waals surface area contributed by atoms with Gasteiger partial charge >= 0.3 is 6.18 Å². The first-order chi connectivity index (χ1) is 17.2. The largest absolute Gasteiger partial charge is 0.416 e. The Labute approximate surface area is 210 Å². The zero-order chi connectivity index (χ0) is 25.7. The lowest BCUT2D eigenvalue weighted by Gasteiger charge is -2.14. The number of amides is 2. The summed E-state index contributed by atoms with van der Waals surface area (Å²) in [4.78, 5) is 28.5. The van der Waals surface area contributed by atoms with E-state index in [0.717, 1.165) is 23.4 Å². The van der Waals surface area contributed by atoms with Gasteiger partial charge in [0.15, 0.2) is 5.13 Å². The number of halogens is 3. The smallest absolute Gasteiger partial charge is 0.322 e. The normalized spacial score (nSPS) is 11.2. The molecule has 5 nitrogen and oxygen atoms in total. The van der Waals surface area contributed by atoms with E-state index in [9.17, 15) is 22.8 Å². The highest BCUT2D eigenvalue weighted by molar-refractivity contribution is 7.13. The highest BCUT2D eigenvalue weighted by atomic mass is 32.1. The summed E-state index contributed by atoms with van der Waals surface area (Å²) in [5.41, 5.74) is 2.46. The monoisotopic (exact) mass is 509 g/mol. The number of anilines is 2. The molecule has 0 bridgehead atoms. The summed E-state index contributed by atoms with van der Waals surface area (Å²) < 4.78 is 40.0. The Bertz CT molecular complexity index is 1370. The molecular formula is C27H22F3N3O2S. The van der Waals surface area contributed by atoms with Crippen LogP contribution in [-0.4, -0.2) is 16.8 Å². The summed E-state index contributed by atoms with van der Waals surface area (Å²) in [6, 6.07) is 19.1. The van der Waals surface area contributed by atoms with Gasteiger partial charge in [-0.2, -0.15) is 13.2 Å². The van der Waals surface area contributed by atoms with Crippen LogP contribution in [0.1, 0.15) is 34.1 Å². The highest BCUT2D eigenvalue weighted by Crippen LogP contribution is 2.34. The number of aromatic nitrogens is 1. The number of rotatable bonds is 7. The van der Waals surface area contributed by atoms with Gasteiger partial charge in [0.2, 0.25) is 5.91 Å². The first kappa shape index (κ1) is 25.1. The summed E-state index contributed by atoms with van der Waals surface area (Å²) in [5.74, 6) is -0.796. The summed E-state index contributed by atoms with van der Waals surface area (Å²) in [6.45, 7) is 1.43. The van der Waals surface area contributed by atoms with Crippen LogP contribution in [0.5, 0.6) is 0 Å². The number of alkyl halides is 3. The first-order valence-electron chi connectivity index (χ1n) is 11.1. The molecule has 0 unspecified atom stereocenters.